The Bertz CT molecular complexity index is 406. The van der Waals surface area contributed by atoms with Crippen molar-refractivity contribution >= 4 is 5.78 Å². The first kappa shape index (κ1) is 12.0. The van der Waals surface area contributed by atoms with Gasteiger partial charge in [-0.2, -0.15) is 0 Å². The van der Waals surface area contributed by atoms with Gasteiger partial charge in [0.15, 0.2) is 5.78 Å². The van der Waals surface area contributed by atoms with Crippen molar-refractivity contribution in [1.29, 1.82) is 0 Å². The summed E-state index contributed by atoms with van der Waals surface area (Å²) in [6.07, 6.45) is 4.83. The molecule has 3 heteroatoms. The van der Waals surface area contributed by atoms with Crippen LogP contribution < -0.4 is 9.47 Å². The van der Waals surface area contributed by atoms with Gasteiger partial charge in [-0.3, -0.25) is 4.79 Å². The highest BCUT2D eigenvalue weighted by atomic mass is 16.5. The second-order valence-electron chi connectivity index (χ2n) is 4.44. The van der Waals surface area contributed by atoms with Crippen molar-refractivity contribution in [2.24, 2.45) is 0 Å². The average molecular weight is 234 g/mol. The quantitative estimate of drug-likeness (QED) is 0.750. The molecule has 1 saturated carbocycles. The summed E-state index contributed by atoms with van der Waals surface area (Å²) in [5, 5.41) is 0. The van der Waals surface area contributed by atoms with Crippen LogP contribution in [0.25, 0.3) is 0 Å². The van der Waals surface area contributed by atoms with Gasteiger partial charge in [0.05, 0.1) is 18.8 Å². The molecule has 0 spiro atoms. The number of methoxy groups -OCH3 is 1. The van der Waals surface area contributed by atoms with Crippen molar-refractivity contribution in [3.05, 3.63) is 23.8 Å². The number of hydrogen-bond acceptors (Lipinski definition) is 3. The molecule has 92 valence electrons. The lowest BCUT2D eigenvalue weighted by molar-refractivity contribution is 0.101. The molecule has 17 heavy (non-hydrogen) atoms. The third-order valence-corrected chi connectivity index (χ3v) is 3.16. The lowest BCUT2D eigenvalue weighted by atomic mass is 10.1. The van der Waals surface area contributed by atoms with Gasteiger partial charge in [0.1, 0.15) is 11.5 Å². The maximum absolute atomic E-state index is 11.5. The zero-order valence-corrected chi connectivity index (χ0v) is 10.4. The van der Waals surface area contributed by atoms with Crippen molar-refractivity contribution in [1.82, 2.24) is 0 Å². The first-order chi connectivity index (χ1) is 8.20. The van der Waals surface area contributed by atoms with Crippen LogP contribution >= 0.6 is 0 Å². The molecule has 0 heterocycles. The normalized spacial score (nSPS) is 15.9. The SMILES string of the molecule is COc1ccc(C(C)=O)c(OC2CCCC2)c1. The summed E-state index contributed by atoms with van der Waals surface area (Å²) in [6, 6.07) is 5.36. The van der Waals surface area contributed by atoms with Crippen molar-refractivity contribution in [2.75, 3.05) is 7.11 Å². The minimum atomic E-state index is 0.0284. The minimum Gasteiger partial charge on any atom is -0.497 e. The van der Waals surface area contributed by atoms with Crippen LogP contribution in [0.5, 0.6) is 11.5 Å². The second kappa shape index (κ2) is 5.21. The van der Waals surface area contributed by atoms with E-state index in [1.165, 1.54) is 12.8 Å². The molecule has 2 rings (SSSR count). The molecule has 0 aliphatic heterocycles. The van der Waals surface area contributed by atoms with E-state index in [1.54, 1.807) is 32.2 Å². The summed E-state index contributed by atoms with van der Waals surface area (Å²) in [7, 11) is 1.61. The van der Waals surface area contributed by atoms with Gasteiger partial charge in [0.25, 0.3) is 0 Å². The molecular weight excluding hydrogens is 216 g/mol. The van der Waals surface area contributed by atoms with Crippen LogP contribution in [0.3, 0.4) is 0 Å². The summed E-state index contributed by atoms with van der Waals surface area (Å²) >= 11 is 0. The Hall–Kier alpha value is -1.51. The highest BCUT2D eigenvalue weighted by molar-refractivity contribution is 5.97. The van der Waals surface area contributed by atoms with E-state index in [2.05, 4.69) is 0 Å². The van der Waals surface area contributed by atoms with Crippen LogP contribution in [0.15, 0.2) is 18.2 Å². The number of ether oxygens (including phenoxy) is 2. The van der Waals surface area contributed by atoms with Crippen molar-refractivity contribution in [3.63, 3.8) is 0 Å². The number of hydrogen-bond donors (Lipinski definition) is 0. The molecule has 0 amide bonds. The Balaban J connectivity index is 2.24. The van der Waals surface area contributed by atoms with Crippen molar-refractivity contribution < 1.29 is 14.3 Å². The topological polar surface area (TPSA) is 35.5 Å². The van der Waals surface area contributed by atoms with E-state index in [9.17, 15) is 4.79 Å². The van der Waals surface area contributed by atoms with Gasteiger partial charge in [0.2, 0.25) is 0 Å². The number of ketones is 1. The number of Topliss-reactive ketones (excluding diaryl/α,β-unsaturated/α-hetero) is 1. The van der Waals surface area contributed by atoms with Crippen molar-refractivity contribution in [2.45, 2.75) is 38.7 Å². The Labute approximate surface area is 102 Å². The first-order valence-electron chi connectivity index (χ1n) is 6.06. The van der Waals surface area contributed by atoms with Crippen LogP contribution in [0, 0.1) is 0 Å². The lowest BCUT2D eigenvalue weighted by Crippen LogP contribution is -2.13. The van der Waals surface area contributed by atoms with Gasteiger partial charge >= 0.3 is 0 Å². The summed E-state index contributed by atoms with van der Waals surface area (Å²) in [5.41, 5.74) is 0.637. The van der Waals surface area contributed by atoms with Crippen LogP contribution in [0.4, 0.5) is 0 Å². The first-order valence-corrected chi connectivity index (χ1v) is 6.06. The van der Waals surface area contributed by atoms with Crippen molar-refractivity contribution in [3.8, 4) is 11.5 Å². The fourth-order valence-electron chi connectivity index (χ4n) is 2.20. The highest BCUT2D eigenvalue weighted by Crippen LogP contribution is 2.30. The number of carbonyl (C=O) groups excluding carboxylic acids is 1. The summed E-state index contributed by atoms with van der Waals surface area (Å²) in [5.74, 6) is 1.41. The van der Waals surface area contributed by atoms with E-state index < -0.39 is 0 Å². The summed E-state index contributed by atoms with van der Waals surface area (Å²) in [6.45, 7) is 1.56. The molecule has 1 aliphatic rings. The van der Waals surface area contributed by atoms with Crippen LogP contribution in [-0.4, -0.2) is 19.0 Å². The Morgan fingerprint density at radius 3 is 2.59 bits per heavy atom. The fourth-order valence-corrected chi connectivity index (χ4v) is 2.20. The molecule has 1 aromatic carbocycles. The Morgan fingerprint density at radius 1 is 1.29 bits per heavy atom. The van der Waals surface area contributed by atoms with E-state index in [0.717, 1.165) is 18.6 Å². The molecule has 0 radical (unpaired) electrons. The predicted octanol–water partition coefficient (Wildman–Crippen LogP) is 3.22. The van der Waals surface area contributed by atoms with Gasteiger partial charge in [-0.15, -0.1) is 0 Å². The van der Waals surface area contributed by atoms with Crippen LogP contribution in [0.2, 0.25) is 0 Å². The molecule has 0 atom stereocenters. The van der Waals surface area contributed by atoms with Crippen LogP contribution in [0.1, 0.15) is 43.0 Å². The Kier molecular flexibility index (Phi) is 3.67. The molecular formula is C14H18O3. The van der Waals surface area contributed by atoms with Gasteiger partial charge in [0, 0.05) is 6.07 Å². The molecule has 0 aromatic heterocycles. The molecule has 1 aromatic rings. The molecule has 3 nitrogen and oxygen atoms in total. The molecule has 1 aliphatic carbocycles. The van der Waals surface area contributed by atoms with E-state index in [4.69, 9.17) is 9.47 Å². The summed E-state index contributed by atoms with van der Waals surface area (Å²) in [4.78, 5) is 11.5. The van der Waals surface area contributed by atoms with Gasteiger partial charge in [-0.25, -0.2) is 0 Å². The predicted molar refractivity (Wildman–Crippen MR) is 65.9 cm³/mol. The van der Waals surface area contributed by atoms with E-state index in [0.29, 0.717) is 11.3 Å². The Morgan fingerprint density at radius 2 is 2.00 bits per heavy atom. The largest absolute Gasteiger partial charge is 0.497 e. The summed E-state index contributed by atoms with van der Waals surface area (Å²) < 4.78 is 11.1. The lowest BCUT2D eigenvalue weighted by Gasteiger charge is -2.16. The molecule has 0 saturated heterocycles. The monoisotopic (exact) mass is 234 g/mol. The maximum atomic E-state index is 11.5. The highest BCUT2D eigenvalue weighted by Gasteiger charge is 2.19. The van der Waals surface area contributed by atoms with Gasteiger partial charge in [-0.05, 0) is 44.7 Å². The molecule has 0 N–H and O–H groups in total. The molecule has 1 fully saturated rings. The average Bonchev–Trinajstić information content (AvgIpc) is 2.81. The zero-order chi connectivity index (χ0) is 12.3. The van der Waals surface area contributed by atoms with Crippen LogP contribution in [-0.2, 0) is 0 Å². The maximum Gasteiger partial charge on any atom is 0.163 e. The standard InChI is InChI=1S/C14H18O3/c1-10(15)13-8-7-12(16-2)9-14(13)17-11-5-3-4-6-11/h7-9,11H,3-6H2,1-2H3. The minimum absolute atomic E-state index is 0.0284. The third-order valence-electron chi connectivity index (χ3n) is 3.16. The molecule has 0 bridgehead atoms. The number of carbonyl (C=O) groups is 1. The van der Waals surface area contributed by atoms with E-state index >= 15 is 0 Å². The number of benzene rings is 1. The fraction of sp³-hybridized carbons (Fsp3) is 0.500. The smallest absolute Gasteiger partial charge is 0.163 e. The van der Waals surface area contributed by atoms with E-state index in [1.807, 2.05) is 0 Å². The third kappa shape index (κ3) is 2.78. The molecule has 0 unspecified atom stereocenters. The number of rotatable bonds is 4. The zero-order valence-electron chi connectivity index (χ0n) is 10.4. The van der Waals surface area contributed by atoms with E-state index in [-0.39, 0.29) is 11.9 Å². The van der Waals surface area contributed by atoms with Gasteiger partial charge in [-0.1, -0.05) is 0 Å². The van der Waals surface area contributed by atoms with Gasteiger partial charge < -0.3 is 9.47 Å². The second-order valence-corrected chi connectivity index (χ2v) is 4.44.